The summed E-state index contributed by atoms with van der Waals surface area (Å²) in [4.78, 5) is 28.7. The van der Waals surface area contributed by atoms with Gasteiger partial charge in [0.25, 0.3) is 5.69 Å². The van der Waals surface area contributed by atoms with Crippen molar-refractivity contribution in [2.45, 2.75) is 10.1 Å². The van der Waals surface area contributed by atoms with Crippen LogP contribution in [0.1, 0.15) is 10.4 Å². The zero-order chi connectivity index (χ0) is 14.7. The minimum Gasteiger partial charge on any atom is -0.478 e. The third kappa shape index (κ3) is 3.22. The van der Waals surface area contributed by atoms with Crippen LogP contribution in [-0.2, 0) is 0 Å². The molecular formula is C11H6ClN3O4S. The summed E-state index contributed by atoms with van der Waals surface area (Å²) in [6.45, 7) is 0. The number of aromatic nitrogens is 2. The van der Waals surface area contributed by atoms with Gasteiger partial charge < -0.3 is 5.11 Å². The van der Waals surface area contributed by atoms with E-state index in [1.807, 2.05) is 0 Å². The predicted molar refractivity (Wildman–Crippen MR) is 71.2 cm³/mol. The number of halogens is 1. The zero-order valence-electron chi connectivity index (χ0n) is 9.69. The number of carboxylic acids is 1. The van der Waals surface area contributed by atoms with Crippen molar-refractivity contribution in [3.63, 3.8) is 0 Å². The lowest BCUT2D eigenvalue weighted by molar-refractivity contribution is -0.385. The topological polar surface area (TPSA) is 106 Å². The third-order valence-corrected chi connectivity index (χ3v) is 3.54. The van der Waals surface area contributed by atoms with E-state index >= 15 is 0 Å². The van der Waals surface area contributed by atoms with Gasteiger partial charge >= 0.3 is 5.97 Å². The summed E-state index contributed by atoms with van der Waals surface area (Å²) in [6.07, 6.45) is 2.43. The van der Waals surface area contributed by atoms with Gasteiger partial charge in [-0.05, 0) is 23.9 Å². The van der Waals surface area contributed by atoms with Crippen molar-refractivity contribution in [1.82, 2.24) is 9.97 Å². The monoisotopic (exact) mass is 311 g/mol. The van der Waals surface area contributed by atoms with Crippen molar-refractivity contribution in [2.24, 2.45) is 0 Å². The number of rotatable bonds is 4. The molecule has 0 aliphatic carbocycles. The number of hydrogen-bond donors (Lipinski definition) is 1. The smallest absolute Gasteiger partial charge is 0.335 e. The van der Waals surface area contributed by atoms with E-state index in [2.05, 4.69) is 9.97 Å². The Morgan fingerprint density at radius 3 is 2.75 bits per heavy atom. The SMILES string of the molecule is O=C(O)c1ccnc(Sc2ncc([N+](=O)[O-])cc2Cl)c1. The zero-order valence-corrected chi connectivity index (χ0v) is 11.3. The Morgan fingerprint density at radius 2 is 2.15 bits per heavy atom. The average molecular weight is 312 g/mol. The van der Waals surface area contributed by atoms with Crippen molar-refractivity contribution < 1.29 is 14.8 Å². The molecule has 0 fully saturated rings. The molecule has 2 aromatic heterocycles. The Bertz CT molecular complexity index is 695. The number of carbonyl (C=O) groups is 1. The first-order valence-electron chi connectivity index (χ1n) is 5.14. The molecule has 0 atom stereocenters. The standard InChI is InChI=1S/C11H6ClN3O4S/c12-8-4-7(15(18)19)5-14-10(8)20-9-3-6(11(16)17)1-2-13-9/h1-5H,(H,16,17). The fraction of sp³-hybridized carbons (Fsp3) is 0. The Labute approximate surface area is 121 Å². The largest absolute Gasteiger partial charge is 0.478 e. The second kappa shape index (κ2) is 5.85. The van der Waals surface area contributed by atoms with E-state index in [9.17, 15) is 14.9 Å². The first-order valence-corrected chi connectivity index (χ1v) is 6.34. The molecule has 0 spiro atoms. The Kier molecular flexibility index (Phi) is 4.16. The van der Waals surface area contributed by atoms with E-state index in [1.165, 1.54) is 24.4 Å². The van der Waals surface area contributed by atoms with E-state index in [0.717, 1.165) is 18.0 Å². The summed E-state index contributed by atoms with van der Waals surface area (Å²) in [7, 11) is 0. The van der Waals surface area contributed by atoms with Crippen molar-refractivity contribution in [2.75, 3.05) is 0 Å². The quantitative estimate of drug-likeness (QED) is 0.683. The highest BCUT2D eigenvalue weighted by Crippen LogP contribution is 2.32. The molecule has 102 valence electrons. The highest BCUT2D eigenvalue weighted by Gasteiger charge is 2.13. The minimum atomic E-state index is -1.07. The first-order chi connectivity index (χ1) is 9.47. The van der Waals surface area contributed by atoms with Crippen LogP contribution in [-0.4, -0.2) is 26.0 Å². The van der Waals surface area contributed by atoms with Gasteiger partial charge in [0.15, 0.2) is 0 Å². The number of carboxylic acid groups (broad SMARTS) is 1. The average Bonchev–Trinajstić information content (AvgIpc) is 2.41. The van der Waals surface area contributed by atoms with Crippen molar-refractivity contribution in [3.05, 3.63) is 51.3 Å². The maximum Gasteiger partial charge on any atom is 0.335 e. The van der Waals surface area contributed by atoms with E-state index in [1.54, 1.807) is 0 Å². The van der Waals surface area contributed by atoms with E-state index in [-0.39, 0.29) is 16.3 Å². The number of hydrogen-bond acceptors (Lipinski definition) is 6. The van der Waals surface area contributed by atoms with Crippen LogP contribution < -0.4 is 0 Å². The molecule has 0 unspecified atom stereocenters. The molecule has 9 heteroatoms. The molecule has 20 heavy (non-hydrogen) atoms. The van der Waals surface area contributed by atoms with Crippen LogP contribution in [0.25, 0.3) is 0 Å². The highest BCUT2D eigenvalue weighted by atomic mass is 35.5. The second-order valence-corrected chi connectivity index (χ2v) is 4.94. The van der Waals surface area contributed by atoms with Crippen LogP contribution in [0.4, 0.5) is 5.69 Å². The third-order valence-electron chi connectivity index (χ3n) is 2.19. The number of aromatic carboxylic acids is 1. The van der Waals surface area contributed by atoms with Crippen molar-refractivity contribution >= 4 is 35.0 Å². The van der Waals surface area contributed by atoms with E-state index in [0.29, 0.717) is 10.1 Å². The van der Waals surface area contributed by atoms with Gasteiger partial charge in [0.2, 0.25) is 0 Å². The van der Waals surface area contributed by atoms with Gasteiger partial charge in [-0.2, -0.15) is 0 Å². The van der Waals surface area contributed by atoms with Gasteiger partial charge in [-0.15, -0.1) is 0 Å². The van der Waals surface area contributed by atoms with E-state index in [4.69, 9.17) is 16.7 Å². The lowest BCUT2D eigenvalue weighted by Gasteiger charge is -2.03. The first kappa shape index (κ1) is 14.2. The number of nitro groups is 1. The van der Waals surface area contributed by atoms with Gasteiger partial charge in [0, 0.05) is 12.3 Å². The molecule has 1 N–H and O–H groups in total. The molecule has 2 aromatic rings. The predicted octanol–water partition coefficient (Wildman–Crippen LogP) is 2.89. The summed E-state index contributed by atoms with van der Waals surface area (Å²) in [5, 5.41) is 20.2. The molecule has 2 rings (SSSR count). The Morgan fingerprint density at radius 1 is 1.40 bits per heavy atom. The normalized spacial score (nSPS) is 10.2. The molecule has 0 saturated carbocycles. The minimum absolute atomic E-state index is 0.0838. The number of nitrogens with zero attached hydrogens (tertiary/aromatic N) is 3. The molecule has 0 aliphatic heterocycles. The van der Waals surface area contributed by atoms with Crippen LogP contribution in [0.3, 0.4) is 0 Å². The maximum atomic E-state index is 10.8. The molecule has 0 saturated heterocycles. The molecule has 0 amide bonds. The van der Waals surface area contributed by atoms with Crippen LogP contribution in [0.2, 0.25) is 5.02 Å². The molecule has 7 nitrogen and oxygen atoms in total. The Hall–Kier alpha value is -2.19. The summed E-state index contributed by atoms with van der Waals surface area (Å²) in [6, 6.07) is 3.90. The van der Waals surface area contributed by atoms with Crippen molar-refractivity contribution in [3.8, 4) is 0 Å². The van der Waals surface area contributed by atoms with Crippen LogP contribution >= 0.6 is 23.4 Å². The fourth-order valence-electron chi connectivity index (χ4n) is 1.29. The van der Waals surface area contributed by atoms with Crippen molar-refractivity contribution in [1.29, 1.82) is 0 Å². The molecule has 0 bridgehead atoms. The van der Waals surface area contributed by atoms with Gasteiger partial charge in [-0.25, -0.2) is 14.8 Å². The molecule has 0 aliphatic rings. The lowest BCUT2D eigenvalue weighted by Crippen LogP contribution is -1.97. The summed E-state index contributed by atoms with van der Waals surface area (Å²) in [5.41, 5.74) is -0.132. The Balaban J connectivity index is 2.28. The molecular weight excluding hydrogens is 306 g/mol. The van der Waals surface area contributed by atoms with Gasteiger partial charge in [-0.1, -0.05) is 11.6 Å². The maximum absolute atomic E-state index is 10.8. The van der Waals surface area contributed by atoms with Gasteiger partial charge in [-0.3, -0.25) is 10.1 Å². The lowest BCUT2D eigenvalue weighted by atomic mass is 10.3. The summed E-state index contributed by atoms with van der Waals surface area (Å²) >= 11 is 6.92. The van der Waals surface area contributed by atoms with Gasteiger partial charge in [0.1, 0.15) is 16.2 Å². The molecule has 0 radical (unpaired) electrons. The summed E-state index contributed by atoms with van der Waals surface area (Å²) in [5.74, 6) is -1.07. The van der Waals surface area contributed by atoms with E-state index < -0.39 is 10.9 Å². The second-order valence-electron chi connectivity index (χ2n) is 3.53. The highest BCUT2D eigenvalue weighted by molar-refractivity contribution is 7.99. The van der Waals surface area contributed by atoms with Crippen LogP contribution in [0.15, 0.2) is 40.6 Å². The number of pyridine rings is 2. The van der Waals surface area contributed by atoms with Crippen LogP contribution in [0.5, 0.6) is 0 Å². The van der Waals surface area contributed by atoms with Gasteiger partial charge in [0.05, 0.1) is 15.5 Å². The fourth-order valence-corrected chi connectivity index (χ4v) is 2.32. The summed E-state index contributed by atoms with van der Waals surface area (Å²) < 4.78 is 0. The molecule has 0 aromatic carbocycles. The molecule has 2 heterocycles. The van der Waals surface area contributed by atoms with Crippen LogP contribution in [0, 0.1) is 10.1 Å².